The summed E-state index contributed by atoms with van der Waals surface area (Å²) in [6.45, 7) is 2.83. The van der Waals surface area contributed by atoms with Gasteiger partial charge in [0, 0.05) is 40.8 Å². The zero-order chi connectivity index (χ0) is 21.1. The molecule has 0 aliphatic heterocycles. The number of amides is 1. The molecule has 0 bridgehead atoms. The highest BCUT2D eigenvalue weighted by atomic mass is 16.3. The van der Waals surface area contributed by atoms with E-state index in [1.807, 2.05) is 36.5 Å². The van der Waals surface area contributed by atoms with Crippen LogP contribution in [-0.2, 0) is 6.54 Å². The minimum absolute atomic E-state index is 0.117. The second-order valence-corrected chi connectivity index (χ2v) is 7.09. The number of hydrogen-bond acceptors (Lipinski definition) is 4. The van der Waals surface area contributed by atoms with Crippen LogP contribution in [0.15, 0.2) is 78.0 Å². The van der Waals surface area contributed by atoms with Crippen molar-refractivity contribution in [1.29, 1.82) is 0 Å². The molecule has 0 aliphatic rings. The second-order valence-electron chi connectivity index (χ2n) is 7.09. The van der Waals surface area contributed by atoms with E-state index >= 15 is 0 Å². The summed E-state index contributed by atoms with van der Waals surface area (Å²) in [7, 11) is 0. The third-order valence-corrected chi connectivity index (χ3v) is 4.96. The largest absolute Gasteiger partial charge is 0.508 e. The fraction of sp³-hybridized carbons (Fsp3) is 0.0833. The molecular weight excluding hydrogens is 378 g/mol. The number of para-hydroxylation sites is 1. The van der Waals surface area contributed by atoms with Crippen LogP contribution in [0.3, 0.4) is 0 Å². The average molecular weight is 399 g/mol. The summed E-state index contributed by atoms with van der Waals surface area (Å²) in [6.07, 6.45) is 3.60. The molecule has 0 fully saturated rings. The molecule has 1 aromatic heterocycles. The Labute approximate surface area is 173 Å². The fourth-order valence-electron chi connectivity index (χ4n) is 3.43. The van der Waals surface area contributed by atoms with Crippen molar-refractivity contribution in [1.82, 2.24) is 9.99 Å². The number of aromatic hydroxyl groups is 2. The molecule has 30 heavy (non-hydrogen) atoms. The van der Waals surface area contributed by atoms with E-state index in [0.717, 1.165) is 29.1 Å². The molecule has 0 saturated heterocycles. The summed E-state index contributed by atoms with van der Waals surface area (Å²) in [4.78, 5) is 12.2. The highest BCUT2D eigenvalue weighted by molar-refractivity contribution is 6.00. The SMILES string of the molecule is Cc1ccccc1Cn1cc(C=NNC(=O)c2cc(O)cc(O)c2)c2ccccc21. The molecule has 0 spiro atoms. The van der Waals surface area contributed by atoms with Gasteiger partial charge in [-0.1, -0.05) is 42.5 Å². The van der Waals surface area contributed by atoms with Crippen molar-refractivity contribution >= 4 is 23.0 Å². The van der Waals surface area contributed by atoms with Crippen molar-refractivity contribution in [3.05, 3.63) is 95.2 Å². The summed E-state index contributed by atoms with van der Waals surface area (Å²) in [5.41, 5.74) is 6.96. The molecule has 0 atom stereocenters. The quantitative estimate of drug-likeness (QED) is 0.348. The minimum Gasteiger partial charge on any atom is -0.508 e. The van der Waals surface area contributed by atoms with Gasteiger partial charge in [0.2, 0.25) is 0 Å². The van der Waals surface area contributed by atoms with Gasteiger partial charge in [0.15, 0.2) is 0 Å². The first-order chi connectivity index (χ1) is 14.5. The standard InChI is InChI=1S/C24H21N3O3/c1-16-6-2-3-7-17(16)14-27-15-19(22-8-4-5-9-23(22)27)13-25-26-24(30)18-10-20(28)12-21(29)11-18/h2-13,15,28-29H,14H2,1H3,(H,26,30). The van der Waals surface area contributed by atoms with Crippen LogP contribution in [0.25, 0.3) is 10.9 Å². The topological polar surface area (TPSA) is 86.9 Å². The van der Waals surface area contributed by atoms with Gasteiger partial charge in [0.05, 0.1) is 6.21 Å². The van der Waals surface area contributed by atoms with Gasteiger partial charge in [-0.05, 0) is 36.2 Å². The molecule has 6 nitrogen and oxygen atoms in total. The lowest BCUT2D eigenvalue weighted by Gasteiger charge is -2.08. The van der Waals surface area contributed by atoms with Gasteiger partial charge >= 0.3 is 0 Å². The summed E-state index contributed by atoms with van der Waals surface area (Å²) in [5, 5.41) is 24.1. The van der Waals surface area contributed by atoms with E-state index in [2.05, 4.69) is 40.2 Å². The third-order valence-electron chi connectivity index (χ3n) is 4.96. The first-order valence-corrected chi connectivity index (χ1v) is 9.50. The highest BCUT2D eigenvalue weighted by Crippen LogP contribution is 2.22. The lowest BCUT2D eigenvalue weighted by molar-refractivity contribution is 0.0954. The average Bonchev–Trinajstić information content (AvgIpc) is 3.07. The van der Waals surface area contributed by atoms with E-state index in [1.54, 1.807) is 6.21 Å². The van der Waals surface area contributed by atoms with Gasteiger partial charge in [-0.25, -0.2) is 5.43 Å². The Bertz CT molecular complexity index is 1240. The molecule has 0 radical (unpaired) electrons. The smallest absolute Gasteiger partial charge is 0.271 e. The number of phenols is 2. The van der Waals surface area contributed by atoms with Crippen molar-refractivity contribution in [2.24, 2.45) is 5.10 Å². The van der Waals surface area contributed by atoms with E-state index in [0.29, 0.717) is 0 Å². The first kappa shape index (κ1) is 19.3. The van der Waals surface area contributed by atoms with Crippen LogP contribution in [0, 0.1) is 6.92 Å². The summed E-state index contributed by atoms with van der Waals surface area (Å²) < 4.78 is 2.16. The zero-order valence-electron chi connectivity index (χ0n) is 16.4. The van der Waals surface area contributed by atoms with Gasteiger partial charge in [-0.2, -0.15) is 5.10 Å². The van der Waals surface area contributed by atoms with Crippen LogP contribution >= 0.6 is 0 Å². The molecule has 0 aliphatic carbocycles. The number of fused-ring (bicyclic) bond motifs is 1. The Morgan fingerprint density at radius 2 is 1.73 bits per heavy atom. The number of hydrazone groups is 1. The Balaban J connectivity index is 1.58. The lowest BCUT2D eigenvalue weighted by Crippen LogP contribution is -2.17. The van der Waals surface area contributed by atoms with Crippen LogP contribution < -0.4 is 5.43 Å². The molecule has 0 unspecified atom stereocenters. The number of aryl methyl sites for hydroxylation is 1. The molecule has 3 N–H and O–H groups in total. The Hall–Kier alpha value is -4.06. The van der Waals surface area contributed by atoms with Crippen molar-refractivity contribution in [2.75, 3.05) is 0 Å². The normalized spacial score (nSPS) is 11.2. The van der Waals surface area contributed by atoms with Crippen molar-refractivity contribution < 1.29 is 15.0 Å². The monoisotopic (exact) mass is 399 g/mol. The predicted octanol–water partition coefficient (Wildman–Crippen LogP) is 4.17. The van der Waals surface area contributed by atoms with Crippen LogP contribution in [0.5, 0.6) is 11.5 Å². The molecule has 0 saturated carbocycles. The summed E-state index contributed by atoms with van der Waals surface area (Å²) >= 11 is 0. The van der Waals surface area contributed by atoms with Gasteiger partial charge < -0.3 is 14.8 Å². The van der Waals surface area contributed by atoms with Crippen LogP contribution in [0.2, 0.25) is 0 Å². The zero-order valence-corrected chi connectivity index (χ0v) is 16.4. The van der Waals surface area contributed by atoms with E-state index in [-0.39, 0.29) is 17.1 Å². The predicted molar refractivity (Wildman–Crippen MR) is 117 cm³/mol. The van der Waals surface area contributed by atoms with Crippen LogP contribution in [-0.4, -0.2) is 26.9 Å². The molecule has 150 valence electrons. The molecule has 4 rings (SSSR count). The molecule has 6 heteroatoms. The number of rotatable bonds is 5. The Kier molecular flexibility index (Phi) is 5.22. The molecule has 3 aromatic carbocycles. The third kappa shape index (κ3) is 4.03. The van der Waals surface area contributed by atoms with Crippen LogP contribution in [0.1, 0.15) is 27.0 Å². The van der Waals surface area contributed by atoms with Crippen molar-refractivity contribution in [3.8, 4) is 11.5 Å². The molecular formula is C24H21N3O3. The molecule has 1 amide bonds. The maximum Gasteiger partial charge on any atom is 0.271 e. The maximum atomic E-state index is 12.2. The summed E-state index contributed by atoms with van der Waals surface area (Å²) in [6, 6.07) is 20.0. The lowest BCUT2D eigenvalue weighted by atomic mass is 10.1. The summed E-state index contributed by atoms with van der Waals surface area (Å²) in [5.74, 6) is -0.909. The molecule has 1 heterocycles. The van der Waals surface area contributed by atoms with Gasteiger partial charge in [-0.15, -0.1) is 0 Å². The van der Waals surface area contributed by atoms with E-state index in [4.69, 9.17) is 0 Å². The number of phenolic OH excluding ortho intramolecular Hbond substituents is 2. The van der Waals surface area contributed by atoms with E-state index < -0.39 is 5.91 Å². The van der Waals surface area contributed by atoms with Crippen molar-refractivity contribution in [3.63, 3.8) is 0 Å². The maximum absolute atomic E-state index is 12.2. The number of carbonyl (C=O) groups is 1. The van der Waals surface area contributed by atoms with E-state index in [1.165, 1.54) is 23.3 Å². The number of nitrogens with one attached hydrogen (secondary N) is 1. The highest BCUT2D eigenvalue weighted by Gasteiger charge is 2.10. The fourth-order valence-corrected chi connectivity index (χ4v) is 3.43. The number of aromatic nitrogens is 1. The van der Waals surface area contributed by atoms with Gasteiger partial charge in [-0.3, -0.25) is 4.79 Å². The van der Waals surface area contributed by atoms with Gasteiger partial charge in [0.1, 0.15) is 11.5 Å². The number of carbonyl (C=O) groups excluding carboxylic acids is 1. The minimum atomic E-state index is -0.527. The van der Waals surface area contributed by atoms with Crippen molar-refractivity contribution in [2.45, 2.75) is 13.5 Å². The number of hydrogen-bond donors (Lipinski definition) is 3. The second kappa shape index (κ2) is 8.13. The Morgan fingerprint density at radius 3 is 2.50 bits per heavy atom. The molecule has 4 aromatic rings. The number of nitrogens with zero attached hydrogens (tertiary/aromatic N) is 2. The van der Waals surface area contributed by atoms with Gasteiger partial charge in [0.25, 0.3) is 5.91 Å². The first-order valence-electron chi connectivity index (χ1n) is 9.50. The van der Waals surface area contributed by atoms with Crippen LogP contribution in [0.4, 0.5) is 0 Å². The Morgan fingerprint density at radius 1 is 1.03 bits per heavy atom. The number of benzene rings is 3. The van der Waals surface area contributed by atoms with E-state index in [9.17, 15) is 15.0 Å².